The van der Waals surface area contributed by atoms with Crippen molar-refractivity contribution >= 4 is 0 Å². The highest BCUT2D eigenvalue weighted by Gasteiger charge is 2.60. The average Bonchev–Trinajstić information content (AvgIpc) is 2.49. The molecule has 1 aromatic rings. The van der Waals surface area contributed by atoms with E-state index in [9.17, 15) is 13.2 Å². The van der Waals surface area contributed by atoms with Crippen molar-refractivity contribution in [2.24, 2.45) is 0 Å². The molecule has 3 nitrogen and oxygen atoms in total. The van der Waals surface area contributed by atoms with Crippen LogP contribution in [-0.2, 0) is 5.41 Å². The second-order valence-electron chi connectivity index (χ2n) is 4.92. The Morgan fingerprint density at radius 3 is 1.88 bits per heavy atom. The molecule has 1 N–H and O–H groups in total. The molecule has 0 radical (unpaired) electrons. The van der Waals surface area contributed by atoms with Gasteiger partial charge >= 0.3 is 0 Å². The van der Waals surface area contributed by atoms with Crippen LogP contribution in [0.2, 0.25) is 0 Å². The van der Waals surface area contributed by atoms with E-state index in [1.54, 1.807) is 6.92 Å². The zero-order valence-corrected chi connectivity index (χ0v) is 10.0. The van der Waals surface area contributed by atoms with Gasteiger partial charge in [-0.15, -0.1) is 0 Å². The summed E-state index contributed by atoms with van der Waals surface area (Å²) in [6.45, 7) is 5.78. The SMILES string of the molecule is Cc1nc(C(C)(C)C(F)(F)C(C)(C)F)n[nH]1. The van der Waals surface area contributed by atoms with Gasteiger partial charge in [0.25, 0.3) is 5.92 Å². The van der Waals surface area contributed by atoms with Gasteiger partial charge in [0.2, 0.25) is 0 Å². The average molecular weight is 235 g/mol. The number of aryl methyl sites for hydroxylation is 1. The third-order valence-corrected chi connectivity index (χ3v) is 2.69. The lowest BCUT2D eigenvalue weighted by atomic mass is 9.77. The minimum atomic E-state index is -3.56. The predicted molar refractivity (Wildman–Crippen MR) is 54.3 cm³/mol. The minimum absolute atomic E-state index is 0.0827. The van der Waals surface area contributed by atoms with E-state index in [-0.39, 0.29) is 5.82 Å². The topological polar surface area (TPSA) is 41.6 Å². The van der Waals surface area contributed by atoms with Crippen molar-refractivity contribution in [1.82, 2.24) is 15.2 Å². The van der Waals surface area contributed by atoms with Gasteiger partial charge in [0.15, 0.2) is 11.5 Å². The van der Waals surface area contributed by atoms with Crippen LogP contribution in [0.5, 0.6) is 0 Å². The first-order valence-electron chi connectivity index (χ1n) is 4.96. The van der Waals surface area contributed by atoms with E-state index in [2.05, 4.69) is 15.2 Å². The van der Waals surface area contributed by atoms with Crippen LogP contribution in [0.25, 0.3) is 0 Å². The smallest absolute Gasteiger partial charge is 0.263 e. The molecular weight excluding hydrogens is 219 g/mol. The number of rotatable bonds is 3. The van der Waals surface area contributed by atoms with Crippen LogP contribution in [0.1, 0.15) is 39.3 Å². The number of aromatic nitrogens is 3. The molecule has 92 valence electrons. The van der Waals surface area contributed by atoms with Crippen molar-refractivity contribution in [3.63, 3.8) is 0 Å². The van der Waals surface area contributed by atoms with Crippen LogP contribution in [0.15, 0.2) is 0 Å². The molecule has 0 fully saturated rings. The number of nitrogens with one attached hydrogen (secondary N) is 1. The second-order valence-corrected chi connectivity index (χ2v) is 4.92. The fraction of sp³-hybridized carbons (Fsp3) is 0.800. The molecule has 0 amide bonds. The third-order valence-electron chi connectivity index (χ3n) is 2.69. The highest BCUT2D eigenvalue weighted by Crippen LogP contribution is 2.46. The van der Waals surface area contributed by atoms with Crippen LogP contribution >= 0.6 is 0 Å². The van der Waals surface area contributed by atoms with Gasteiger partial charge in [-0.2, -0.15) is 5.10 Å². The van der Waals surface area contributed by atoms with E-state index in [1.165, 1.54) is 13.8 Å². The highest BCUT2D eigenvalue weighted by atomic mass is 19.3. The summed E-state index contributed by atoms with van der Waals surface area (Å²) in [7, 11) is 0. The molecule has 6 heteroatoms. The van der Waals surface area contributed by atoms with Crippen molar-refractivity contribution in [3.05, 3.63) is 11.6 Å². The largest absolute Gasteiger partial charge is 0.292 e. The van der Waals surface area contributed by atoms with Crippen LogP contribution in [0, 0.1) is 6.92 Å². The van der Waals surface area contributed by atoms with Crippen molar-refractivity contribution < 1.29 is 13.2 Å². The molecular formula is C10H16F3N3. The van der Waals surface area contributed by atoms with E-state index in [4.69, 9.17) is 0 Å². The maximum absolute atomic E-state index is 13.9. The first-order valence-corrected chi connectivity index (χ1v) is 4.96. The Kier molecular flexibility index (Phi) is 2.81. The molecule has 0 aromatic carbocycles. The lowest BCUT2D eigenvalue weighted by Gasteiger charge is -2.37. The van der Waals surface area contributed by atoms with E-state index >= 15 is 0 Å². The lowest BCUT2D eigenvalue weighted by molar-refractivity contribution is -0.167. The van der Waals surface area contributed by atoms with Gasteiger partial charge in [0.1, 0.15) is 5.82 Å². The summed E-state index contributed by atoms with van der Waals surface area (Å²) in [4.78, 5) is 3.85. The molecule has 0 saturated carbocycles. The maximum atomic E-state index is 13.9. The molecule has 0 atom stereocenters. The molecule has 0 aliphatic carbocycles. The van der Waals surface area contributed by atoms with E-state index in [0.717, 1.165) is 13.8 Å². The fourth-order valence-corrected chi connectivity index (χ4v) is 1.51. The summed E-state index contributed by atoms with van der Waals surface area (Å²) in [6.07, 6.45) is 0. The molecule has 0 saturated heterocycles. The molecule has 16 heavy (non-hydrogen) atoms. The van der Waals surface area contributed by atoms with Crippen LogP contribution in [-0.4, -0.2) is 26.8 Å². The van der Waals surface area contributed by atoms with E-state index in [1.807, 2.05) is 0 Å². The first kappa shape index (κ1) is 13.0. The van der Waals surface area contributed by atoms with E-state index in [0.29, 0.717) is 5.82 Å². The number of hydrogen-bond acceptors (Lipinski definition) is 2. The number of H-pyrrole nitrogens is 1. The molecule has 1 rings (SSSR count). The molecule has 1 heterocycles. The van der Waals surface area contributed by atoms with E-state index < -0.39 is 17.0 Å². The van der Waals surface area contributed by atoms with Crippen LogP contribution in [0.3, 0.4) is 0 Å². The maximum Gasteiger partial charge on any atom is 0.292 e. The van der Waals surface area contributed by atoms with Gasteiger partial charge in [0, 0.05) is 0 Å². The van der Waals surface area contributed by atoms with Gasteiger partial charge in [0.05, 0.1) is 5.41 Å². The van der Waals surface area contributed by atoms with Crippen molar-refractivity contribution in [2.75, 3.05) is 0 Å². The number of halogens is 3. The highest BCUT2D eigenvalue weighted by molar-refractivity contribution is 5.14. The van der Waals surface area contributed by atoms with Gasteiger partial charge in [-0.25, -0.2) is 18.2 Å². The molecule has 1 aromatic heterocycles. The zero-order valence-electron chi connectivity index (χ0n) is 10.0. The Balaban J connectivity index is 3.21. The predicted octanol–water partition coefficient (Wildman–Crippen LogP) is 2.77. The Bertz CT molecular complexity index is 377. The summed E-state index contributed by atoms with van der Waals surface area (Å²) in [6, 6.07) is 0. The standard InChI is InChI=1S/C10H16F3N3/c1-6-14-7(16-15-6)8(2,3)10(12,13)9(4,5)11/h1-5H3,(H,14,15,16). The lowest BCUT2D eigenvalue weighted by Crippen LogP contribution is -2.53. The fourth-order valence-electron chi connectivity index (χ4n) is 1.51. The quantitative estimate of drug-likeness (QED) is 0.875. The van der Waals surface area contributed by atoms with Crippen molar-refractivity contribution in [2.45, 2.75) is 51.6 Å². The van der Waals surface area contributed by atoms with Crippen molar-refractivity contribution in [1.29, 1.82) is 0 Å². The molecule has 0 bridgehead atoms. The van der Waals surface area contributed by atoms with Gasteiger partial charge in [-0.05, 0) is 34.6 Å². The number of hydrogen-bond donors (Lipinski definition) is 1. The number of nitrogens with zero attached hydrogens (tertiary/aromatic N) is 2. The molecule has 0 aliphatic rings. The summed E-state index contributed by atoms with van der Waals surface area (Å²) in [5.74, 6) is -3.22. The molecule has 0 spiro atoms. The summed E-state index contributed by atoms with van der Waals surface area (Å²) in [5, 5.41) is 6.17. The van der Waals surface area contributed by atoms with Gasteiger partial charge < -0.3 is 0 Å². The molecule has 0 aliphatic heterocycles. The summed E-state index contributed by atoms with van der Waals surface area (Å²) < 4.78 is 41.4. The Morgan fingerprint density at radius 2 is 1.56 bits per heavy atom. The Labute approximate surface area is 92.5 Å². The number of aromatic amines is 1. The first-order chi connectivity index (χ1) is 7.00. The van der Waals surface area contributed by atoms with Gasteiger partial charge in [-0.1, -0.05) is 0 Å². The summed E-state index contributed by atoms with van der Waals surface area (Å²) in [5.41, 5.74) is -4.40. The zero-order chi connectivity index (χ0) is 12.8. The normalized spacial score (nSPS) is 14.2. The van der Waals surface area contributed by atoms with Crippen LogP contribution < -0.4 is 0 Å². The summed E-state index contributed by atoms with van der Waals surface area (Å²) >= 11 is 0. The Morgan fingerprint density at radius 1 is 1.06 bits per heavy atom. The second kappa shape index (κ2) is 3.46. The van der Waals surface area contributed by atoms with Gasteiger partial charge in [-0.3, -0.25) is 5.10 Å². The molecule has 0 unspecified atom stereocenters. The monoisotopic (exact) mass is 235 g/mol. The van der Waals surface area contributed by atoms with Crippen molar-refractivity contribution in [3.8, 4) is 0 Å². The van der Waals surface area contributed by atoms with Crippen LogP contribution in [0.4, 0.5) is 13.2 Å². The Hall–Kier alpha value is -1.07. The number of alkyl halides is 3. The third kappa shape index (κ3) is 1.81. The minimum Gasteiger partial charge on any atom is -0.263 e.